The summed E-state index contributed by atoms with van der Waals surface area (Å²) in [4.78, 5) is 11.5. The van der Waals surface area contributed by atoms with Crippen LogP contribution >= 0.6 is 11.3 Å². The summed E-state index contributed by atoms with van der Waals surface area (Å²) >= 11 is 1.82. The standard InChI is InChI=1S/C14H19N3S/c1-5-12-8-14(17-11(4)16-12)15-10(3)13-7-6-9(2)18-13/h6-8,10H,5H2,1-4H3,(H,15,16,17). The van der Waals surface area contributed by atoms with E-state index < -0.39 is 0 Å². The summed E-state index contributed by atoms with van der Waals surface area (Å²) < 4.78 is 0. The van der Waals surface area contributed by atoms with Crippen molar-refractivity contribution in [1.82, 2.24) is 9.97 Å². The lowest BCUT2D eigenvalue weighted by atomic mass is 10.2. The van der Waals surface area contributed by atoms with Crippen LogP contribution in [0.3, 0.4) is 0 Å². The Morgan fingerprint density at radius 2 is 2.06 bits per heavy atom. The first kappa shape index (κ1) is 13.0. The van der Waals surface area contributed by atoms with E-state index in [1.807, 2.05) is 24.3 Å². The van der Waals surface area contributed by atoms with Gasteiger partial charge in [0.1, 0.15) is 11.6 Å². The Kier molecular flexibility index (Phi) is 3.97. The summed E-state index contributed by atoms with van der Waals surface area (Å²) in [5.74, 6) is 1.74. The zero-order valence-corrected chi connectivity index (χ0v) is 12.1. The van der Waals surface area contributed by atoms with Crippen LogP contribution in [0.15, 0.2) is 18.2 Å². The van der Waals surface area contributed by atoms with Crippen LogP contribution in [0.25, 0.3) is 0 Å². The van der Waals surface area contributed by atoms with Crippen LogP contribution in [0.1, 0.15) is 41.2 Å². The van der Waals surface area contributed by atoms with Gasteiger partial charge in [-0.3, -0.25) is 0 Å². The molecule has 0 amide bonds. The van der Waals surface area contributed by atoms with Gasteiger partial charge in [0.25, 0.3) is 0 Å². The molecule has 0 fully saturated rings. The Morgan fingerprint density at radius 3 is 2.67 bits per heavy atom. The van der Waals surface area contributed by atoms with Gasteiger partial charge in [0, 0.05) is 21.5 Å². The molecule has 3 nitrogen and oxygen atoms in total. The van der Waals surface area contributed by atoms with Crippen LogP contribution in [0.2, 0.25) is 0 Å². The minimum atomic E-state index is 0.280. The van der Waals surface area contributed by atoms with E-state index in [1.54, 1.807) is 0 Å². The number of aromatic nitrogens is 2. The van der Waals surface area contributed by atoms with Gasteiger partial charge in [-0.25, -0.2) is 9.97 Å². The first-order valence-electron chi connectivity index (χ1n) is 6.26. The van der Waals surface area contributed by atoms with E-state index in [4.69, 9.17) is 0 Å². The van der Waals surface area contributed by atoms with Crippen LogP contribution in [-0.4, -0.2) is 9.97 Å². The third kappa shape index (κ3) is 3.07. The fourth-order valence-electron chi connectivity index (χ4n) is 1.86. The van der Waals surface area contributed by atoms with Crippen molar-refractivity contribution < 1.29 is 0 Å². The molecule has 1 unspecified atom stereocenters. The third-order valence-corrected chi connectivity index (χ3v) is 3.99. The molecule has 0 saturated carbocycles. The van der Waals surface area contributed by atoms with Crippen molar-refractivity contribution in [3.05, 3.63) is 39.5 Å². The first-order valence-corrected chi connectivity index (χ1v) is 7.07. The molecule has 2 rings (SSSR count). The van der Waals surface area contributed by atoms with Crippen molar-refractivity contribution in [1.29, 1.82) is 0 Å². The highest BCUT2D eigenvalue weighted by atomic mass is 32.1. The fraction of sp³-hybridized carbons (Fsp3) is 0.429. The first-order chi connectivity index (χ1) is 8.58. The van der Waals surface area contributed by atoms with E-state index in [-0.39, 0.29) is 6.04 Å². The smallest absolute Gasteiger partial charge is 0.130 e. The maximum atomic E-state index is 4.44. The Balaban J connectivity index is 2.16. The minimum Gasteiger partial charge on any atom is -0.363 e. The van der Waals surface area contributed by atoms with E-state index >= 15 is 0 Å². The third-order valence-electron chi connectivity index (χ3n) is 2.81. The van der Waals surface area contributed by atoms with Crippen LogP contribution in [0.5, 0.6) is 0 Å². The van der Waals surface area contributed by atoms with Gasteiger partial charge in [0.05, 0.1) is 6.04 Å². The predicted molar refractivity (Wildman–Crippen MR) is 77.2 cm³/mol. The van der Waals surface area contributed by atoms with Gasteiger partial charge < -0.3 is 5.32 Å². The number of rotatable bonds is 4. The molecule has 0 aromatic carbocycles. The molecule has 18 heavy (non-hydrogen) atoms. The Hall–Kier alpha value is -1.42. The van der Waals surface area contributed by atoms with Gasteiger partial charge >= 0.3 is 0 Å². The van der Waals surface area contributed by atoms with Gasteiger partial charge in [-0.05, 0) is 39.3 Å². The average Bonchev–Trinajstić information content (AvgIpc) is 2.75. The van der Waals surface area contributed by atoms with Crippen LogP contribution in [0.4, 0.5) is 5.82 Å². The second-order valence-electron chi connectivity index (χ2n) is 4.46. The fourth-order valence-corrected chi connectivity index (χ4v) is 2.74. The van der Waals surface area contributed by atoms with Gasteiger partial charge in [-0.2, -0.15) is 0 Å². The monoisotopic (exact) mass is 261 g/mol. The molecule has 0 aliphatic heterocycles. The van der Waals surface area contributed by atoms with E-state index in [2.05, 4.69) is 48.2 Å². The molecule has 1 atom stereocenters. The molecule has 0 radical (unpaired) electrons. The number of nitrogens with zero attached hydrogens (tertiary/aromatic N) is 2. The molecule has 0 aliphatic carbocycles. The maximum Gasteiger partial charge on any atom is 0.130 e. The van der Waals surface area contributed by atoms with Crippen molar-refractivity contribution in [2.45, 2.75) is 40.2 Å². The Labute approximate surface area is 112 Å². The highest BCUT2D eigenvalue weighted by Gasteiger charge is 2.09. The highest BCUT2D eigenvalue weighted by molar-refractivity contribution is 7.12. The van der Waals surface area contributed by atoms with E-state index in [0.717, 1.165) is 23.8 Å². The molecule has 1 N–H and O–H groups in total. The van der Waals surface area contributed by atoms with Crippen LogP contribution in [-0.2, 0) is 6.42 Å². The number of nitrogens with one attached hydrogen (secondary N) is 1. The summed E-state index contributed by atoms with van der Waals surface area (Å²) in [7, 11) is 0. The second-order valence-corrected chi connectivity index (χ2v) is 5.78. The molecular weight excluding hydrogens is 242 g/mol. The topological polar surface area (TPSA) is 37.8 Å². The molecule has 0 spiro atoms. The van der Waals surface area contributed by atoms with Gasteiger partial charge in [-0.1, -0.05) is 6.92 Å². The maximum absolute atomic E-state index is 4.44. The van der Waals surface area contributed by atoms with Gasteiger partial charge in [0.2, 0.25) is 0 Å². The molecule has 2 heterocycles. The Bertz CT molecular complexity index is 534. The molecule has 0 saturated heterocycles. The van der Waals surface area contributed by atoms with Gasteiger partial charge in [-0.15, -0.1) is 11.3 Å². The van der Waals surface area contributed by atoms with Crippen LogP contribution in [0, 0.1) is 13.8 Å². The van der Waals surface area contributed by atoms with Crippen molar-refractivity contribution in [2.24, 2.45) is 0 Å². The number of aryl methyl sites for hydroxylation is 3. The molecule has 0 aliphatic rings. The molecular formula is C14H19N3S. The van der Waals surface area contributed by atoms with E-state index in [0.29, 0.717) is 0 Å². The lowest BCUT2D eigenvalue weighted by molar-refractivity contribution is 0.874. The van der Waals surface area contributed by atoms with Crippen molar-refractivity contribution in [3.8, 4) is 0 Å². The molecule has 2 aromatic rings. The normalized spacial score (nSPS) is 12.4. The summed E-state index contributed by atoms with van der Waals surface area (Å²) in [5, 5.41) is 3.45. The zero-order chi connectivity index (χ0) is 13.1. The molecule has 0 bridgehead atoms. The predicted octanol–water partition coefficient (Wildman–Crippen LogP) is 3.89. The highest BCUT2D eigenvalue weighted by Crippen LogP contribution is 2.25. The SMILES string of the molecule is CCc1cc(NC(C)c2ccc(C)s2)nc(C)n1. The summed E-state index contributed by atoms with van der Waals surface area (Å²) in [6.45, 7) is 8.33. The van der Waals surface area contributed by atoms with E-state index in [9.17, 15) is 0 Å². The lowest BCUT2D eigenvalue weighted by Gasteiger charge is -2.13. The summed E-state index contributed by atoms with van der Waals surface area (Å²) in [6.07, 6.45) is 0.935. The summed E-state index contributed by atoms with van der Waals surface area (Å²) in [5.41, 5.74) is 1.08. The van der Waals surface area contributed by atoms with E-state index in [1.165, 1.54) is 9.75 Å². The minimum absolute atomic E-state index is 0.280. The van der Waals surface area contributed by atoms with Gasteiger partial charge in [0.15, 0.2) is 0 Å². The largest absolute Gasteiger partial charge is 0.363 e. The quantitative estimate of drug-likeness (QED) is 0.907. The second kappa shape index (κ2) is 5.48. The van der Waals surface area contributed by atoms with Crippen LogP contribution < -0.4 is 5.32 Å². The number of hydrogen-bond donors (Lipinski definition) is 1. The van der Waals surface area contributed by atoms with Crippen molar-refractivity contribution in [3.63, 3.8) is 0 Å². The molecule has 96 valence electrons. The average molecular weight is 261 g/mol. The number of thiophene rings is 1. The van der Waals surface area contributed by atoms with Crippen molar-refractivity contribution in [2.75, 3.05) is 5.32 Å². The number of anilines is 1. The zero-order valence-electron chi connectivity index (χ0n) is 11.3. The summed E-state index contributed by atoms with van der Waals surface area (Å²) in [6, 6.07) is 6.64. The lowest BCUT2D eigenvalue weighted by Crippen LogP contribution is -2.08. The number of hydrogen-bond acceptors (Lipinski definition) is 4. The Morgan fingerprint density at radius 1 is 1.28 bits per heavy atom. The molecule has 2 aromatic heterocycles. The van der Waals surface area contributed by atoms with Crippen molar-refractivity contribution >= 4 is 17.2 Å². The molecule has 4 heteroatoms.